The number of rotatable bonds is 5. The van der Waals surface area contributed by atoms with E-state index in [9.17, 15) is 28.1 Å². The third-order valence-electron chi connectivity index (χ3n) is 4.70. The molecule has 0 bridgehead atoms. The van der Waals surface area contributed by atoms with Gasteiger partial charge in [-0.05, 0) is 43.9 Å². The molecule has 10 heteroatoms. The lowest BCUT2D eigenvalue weighted by atomic mass is 9.92. The highest BCUT2D eigenvalue weighted by atomic mass is 19.4. The largest absolute Gasteiger partial charge is 0.474 e. The van der Waals surface area contributed by atoms with E-state index < -0.39 is 16.7 Å². The molecular weight excluding hydrogens is 391 g/mol. The van der Waals surface area contributed by atoms with Crippen LogP contribution in [0.5, 0.6) is 5.88 Å². The number of halogens is 3. The Morgan fingerprint density at radius 1 is 1.10 bits per heavy atom. The zero-order valence-electron chi connectivity index (χ0n) is 15.2. The molecule has 1 heterocycles. The van der Waals surface area contributed by atoms with E-state index in [1.54, 1.807) is 0 Å². The second-order valence-electron chi connectivity index (χ2n) is 6.75. The smallest absolute Gasteiger partial charge is 0.417 e. The molecule has 1 N–H and O–H groups in total. The topological polar surface area (TPSA) is 94.4 Å². The summed E-state index contributed by atoms with van der Waals surface area (Å²) in [7, 11) is 0. The molecule has 1 fully saturated rings. The van der Waals surface area contributed by atoms with E-state index >= 15 is 0 Å². The van der Waals surface area contributed by atoms with Crippen molar-refractivity contribution in [2.45, 2.75) is 44.0 Å². The van der Waals surface area contributed by atoms with Crippen LogP contribution in [-0.2, 0) is 6.18 Å². The van der Waals surface area contributed by atoms with Gasteiger partial charge in [0.1, 0.15) is 6.10 Å². The molecule has 1 aromatic carbocycles. The van der Waals surface area contributed by atoms with Crippen LogP contribution in [0.25, 0.3) is 0 Å². The number of pyridine rings is 1. The van der Waals surface area contributed by atoms with Gasteiger partial charge in [-0.3, -0.25) is 14.9 Å². The van der Waals surface area contributed by atoms with Gasteiger partial charge >= 0.3 is 6.18 Å². The highest BCUT2D eigenvalue weighted by molar-refractivity contribution is 5.94. The summed E-state index contributed by atoms with van der Waals surface area (Å²) in [6.45, 7) is 0. The van der Waals surface area contributed by atoms with Gasteiger partial charge in [0.15, 0.2) is 0 Å². The molecule has 0 spiro atoms. The van der Waals surface area contributed by atoms with Crippen molar-refractivity contribution in [3.8, 4) is 5.88 Å². The van der Waals surface area contributed by atoms with Crippen LogP contribution in [-0.4, -0.2) is 28.0 Å². The van der Waals surface area contributed by atoms with E-state index in [2.05, 4.69) is 10.3 Å². The van der Waals surface area contributed by atoms with Gasteiger partial charge < -0.3 is 10.1 Å². The second-order valence-corrected chi connectivity index (χ2v) is 6.75. The van der Waals surface area contributed by atoms with Crippen LogP contribution in [0.3, 0.4) is 0 Å². The van der Waals surface area contributed by atoms with Gasteiger partial charge in [0.25, 0.3) is 11.6 Å². The average Bonchev–Trinajstić information content (AvgIpc) is 2.69. The number of hydrogen-bond donors (Lipinski definition) is 1. The first-order chi connectivity index (χ1) is 13.7. The molecule has 1 saturated carbocycles. The van der Waals surface area contributed by atoms with Crippen LogP contribution in [0.2, 0.25) is 0 Å². The number of alkyl halides is 3. The predicted molar refractivity (Wildman–Crippen MR) is 96.5 cm³/mol. The number of nitrogens with one attached hydrogen (secondary N) is 1. The Bertz CT molecular complexity index is 862. The SMILES string of the molecule is O=C(NC1CCC(Oc2ccc(C(F)(F)F)cn2)CC1)c1ccc([N+](=O)[O-])cc1. The molecule has 1 aliphatic rings. The third-order valence-corrected chi connectivity index (χ3v) is 4.70. The van der Waals surface area contributed by atoms with E-state index in [0.29, 0.717) is 31.2 Å². The summed E-state index contributed by atoms with van der Waals surface area (Å²) in [5.74, 6) is -0.176. The van der Waals surface area contributed by atoms with Crippen molar-refractivity contribution >= 4 is 11.6 Å². The molecule has 0 radical (unpaired) electrons. The molecule has 3 rings (SSSR count). The Hall–Kier alpha value is -3.17. The van der Waals surface area contributed by atoms with Gasteiger partial charge in [-0.1, -0.05) is 0 Å². The Labute approximate surface area is 164 Å². The number of carbonyl (C=O) groups excluding carboxylic acids is 1. The number of benzene rings is 1. The van der Waals surface area contributed by atoms with Gasteiger partial charge in [-0.25, -0.2) is 4.98 Å². The fourth-order valence-electron chi connectivity index (χ4n) is 3.12. The molecule has 1 aromatic heterocycles. The fourth-order valence-corrected chi connectivity index (χ4v) is 3.12. The summed E-state index contributed by atoms with van der Waals surface area (Å²) >= 11 is 0. The normalized spacial score (nSPS) is 19.4. The zero-order chi connectivity index (χ0) is 21.0. The van der Waals surface area contributed by atoms with E-state index in [-0.39, 0.29) is 29.6 Å². The predicted octanol–water partition coefficient (Wildman–Crippen LogP) is 4.13. The summed E-state index contributed by atoms with van der Waals surface area (Å²) in [5, 5.41) is 13.5. The molecule has 154 valence electrons. The van der Waals surface area contributed by atoms with Gasteiger partial charge in [0.05, 0.1) is 10.5 Å². The molecule has 7 nitrogen and oxygen atoms in total. The molecule has 1 amide bonds. The summed E-state index contributed by atoms with van der Waals surface area (Å²) < 4.78 is 43.3. The van der Waals surface area contributed by atoms with E-state index in [0.717, 1.165) is 12.3 Å². The average molecular weight is 409 g/mol. The number of non-ortho nitro benzene ring substituents is 1. The monoisotopic (exact) mass is 409 g/mol. The van der Waals surface area contributed by atoms with Crippen molar-refractivity contribution < 1.29 is 27.6 Å². The quantitative estimate of drug-likeness (QED) is 0.592. The number of amides is 1. The van der Waals surface area contributed by atoms with Crippen LogP contribution < -0.4 is 10.1 Å². The van der Waals surface area contributed by atoms with E-state index in [1.807, 2.05) is 0 Å². The highest BCUT2D eigenvalue weighted by Gasteiger charge is 2.31. The molecule has 1 aliphatic carbocycles. The first kappa shape index (κ1) is 20.6. The number of nitro groups is 1. The second kappa shape index (κ2) is 8.46. The number of nitro benzene ring substituents is 1. The molecule has 29 heavy (non-hydrogen) atoms. The molecule has 0 unspecified atom stereocenters. The first-order valence-corrected chi connectivity index (χ1v) is 8.97. The van der Waals surface area contributed by atoms with Crippen molar-refractivity contribution in [3.63, 3.8) is 0 Å². The lowest BCUT2D eigenvalue weighted by Gasteiger charge is -2.29. The number of nitrogens with zero attached hydrogens (tertiary/aromatic N) is 2. The maximum Gasteiger partial charge on any atom is 0.417 e. The Morgan fingerprint density at radius 3 is 2.28 bits per heavy atom. The summed E-state index contributed by atoms with van der Waals surface area (Å²) in [4.78, 5) is 26.1. The number of ether oxygens (including phenoxy) is 1. The zero-order valence-corrected chi connectivity index (χ0v) is 15.2. The van der Waals surface area contributed by atoms with Crippen molar-refractivity contribution in [3.05, 3.63) is 63.8 Å². The Balaban J connectivity index is 1.47. The highest BCUT2D eigenvalue weighted by Crippen LogP contribution is 2.30. The van der Waals surface area contributed by atoms with Crippen molar-refractivity contribution in [2.75, 3.05) is 0 Å². The fraction of sp³-hybridized carbons (Fsp3) is 0.368. The van der Waals surface area contributed by atoms with Crippen LogP contribution >= 0.6 is 0 Å². The molecule has 0 atom stereocenters. The van der Waals surface area contributed by atoms with Crippen LogP contribution in [0.1, 0.15) is 41.6 Å². The molecule has 2 aromatic rings. The van der Waals surface area contributed by atoms with E-state index in [4.69, 9.17) is 4.74 Å². The molecule has 0 aliphatic heterocycles. The Morgan fingerprint density at radius 2 is 1.76 bits per heavy atom. The molecule has 0 saturated heterocycles. The lowest BCUT2D eigenvalue weighted by Crippen LogP contribution is -2.39. The minimum Gasteiger partial charge on any atom is -0.474 e. The standard InChI is InChI=1S/C19H18F3N3O4/c20-19(21,22)13-3-10-17(23-11-13)29-16-8-4-14(5-9-16)24-18(26)12-1-6-15(7-2-12)25(27)28/h1-3,6-7,10-11,14,16H,4-5,8-9H2,(H,24,26). The lowest BCUT2D eigenvalue weighted by molar-refractivity contribution is -0.384. The third kappa shape index (κ3) is 5.43. The summed E-state index contributed by atoms with van der Waals surface area (Å²) in [6, 6.07) is 7.41. The van der Waals surface area contributed by atoms with Gasteiger partial charge in [-0.15, -0.1) is 0 Å². The number of hydrogen-bond acceptors (Lipinski definition) is 5. The first-order valence-electron chi connectivity index (χ1n) is 8.97. The van der Waals surface area contributed by atoms with Crippen molar-refractivity contribution in [1.29, 1.82) is 0 Å². The maximum absolute atomic E-state index is 12.6. The van der Waals surface area contributed by atoms with Crippen molar-refractivity contribution in [1.82, 2.24) is 10.3 Å². The van der Waals surface area contributed by atoms with Crippen LogP contribution in [0, 0.1) is 10.1 Å². The van der Waals surface area contributed by atoms with Gasteiger partial charge in [-0.2, -0.15) is 13.2 Å². The van der Waals surface area contributed by atoms with E-state index in [1.165, 1.54) is 30.3 Å². The number of aromatic nitrogens is 1. The summed E-state index contributed by atoms with van der Waals surface area (Å²) in [6.07, 6.45) is -1.36. The minimum atomic E-state index is -4.44. The van der Waals surface area contributed by atoms with Gasteiger partial charge in [0.2, 0.25) is 5.88 Å². The van der Waals surface area contributed by atoms with Crippen LogP contribution in [0.4, 0.5) is 18.9 Å². The number of carbonyl (C=O) groups is 1. The summed E-state index contributed by atoms with van der Waals surface area (Å²) in [5.41, 5.74) is -0.582. The van der Waals surface area contributed by atoms with Crippen LogP contribution in [0.15, 0.2) is 42.6 Å². The van der Waals surface area contributed by atoms with Gasteiger partial charge in [0, 0.05) is 36.0 Å². The Kier molecular flexibility index (Phi) is 6.00. The minimum absolute atomic E-state index is 0.0712. The van der Waals surface area contributed by atoms with Crippen molar-refractivity contribution in [2.24, 2.45) is 0 Å². The maximum atomic E-state index is 12.6. The molecular formula is C19H18F3N3O4.